The van der Waals surface area contributed by atoms with E-state index in [9.17, 15) is 9.59 Å². The molecule has 8 nitrogen and oxygen atoms in total. The van der Waals surface area contributed by atoms with Crippen molar-refractivity contribution in [2.75, 3.05) is 5.32 Å². The van der Waals surface area contributed by atoms with Crippen LogP contribution in [0.15, 0.2) is 28.8 Å². The van der Waals surface area contributed by atoms with E-state index in [1.807, 2.05) is 6.92 Å². The maximum atomic E-state index is 12.6. The Bertz CT molecular complexity index is 1160. The van der Waals surface area contributed by atoms with Crippen LogP contribution in [0.3, 0.4) is 0 Å². The van der Waals surface area contributed by atoms with Gasteiger partial charge in [-0.3, -0.25) is 9.59 Å². The summed E-state index contributed by atoms with van der Waals surface area (Å²) in [7, 11) is 0. The lowest BCUT2D eigenvalue weighted by Gasteiger charge is -2.30. The Kier molecular flexibility index (Phi) is 7.95. The molecule has 2 heterocycles. The number of aryl methyl sites for hydroxylation is 3. The van der Waals surface area contributed by atoms with Crippen LogP contribution >= 0.6 is 11.3 Å². The molecular weight excluding hydrogens is 462 g/mol. The van der Waals surface area contributed by atoms with E-state index in [0.717, 1.165) is 55.5 Å². The second-order valence-electron chi connectivity index (χ2n) is 9.43. The lowest BCUT2D eigenvalue weighted by molar-refractivity contribution is -0.121. The van der Waals surface area contributed by atoms with Crippen molar-refractivity contribution in [1.82, 2.24) is 20.4 Å². The predicted octanol–water partition coefficient (Wildman–Crippen LogP) is 4.99. The summed E-state index contributed by atoms with van der Waals surface area (Å²) in [5.74, 6) is 0.672. The standard InChI is InChI=1S/C26H33N5O3S/c1-17-8-10-20(11-9-17)16-21-18(2)27-25(35-21)28-22(33)12-13-23-29-24(31-34-23)26(30-19(3)32)14-6-4-5-7-15-26/h8-11H,4-7,12-16H2,1-3H3,(H,30,32)(H,27,28,33). The van der Waals surface area contributed by atoms with E-state index in [-0.39, 0.29) is 18.2 Å². The fourth-order valence-corrected chi connectivity index (χ4v) is 5.58. The Hall–Kier alpha value is -3.07. The third-order valence-electron chi connectivity index (χ3n) is 6.46. The number of thiazole rings is 1. The van der Waals surface area contributed by atoms with Crippen LogP contribution < -0.4 is 10.6 Å². The number of nitrogens with zero attached hydrogens (tertiary/aromatic N) is 3. The molecule has 3 aromatic rings. The first-order valence-corrected chi connectivity index (χ1v) is 13.1. The zero-order chi connectivity index (χ0) is 24.8. The number of carbonyl (C=O) groups excluding carboxylic acids is 2. The van der Waals surface area contributed by atoms with Crippen LogP contribution in [0, 0.1) is 13.8 Å². The van der Waals surface area contributed by atoms with Crippen molar-refractivity contribution in [3.8, 4) is 0 Å². The molecule has 1 aromatic carbocycles. The first kappa shape index (κ1) is 25.0. The Morgan fingerprint density at radius 3 is 2.46 bits per heavy atom. The minimum absolute atomic E-state index is 0.0990. The second kappa shape index (κ2) is 11.1. The van der Waals surface area contributed by atoms with Crippen LogP contribution in [0.25, 0.3) is 0 Å². The summed E-state index contributed by atoms with van der Waals surface area (Å²) in [5, 5.41) is 10.8. The van der Waals surface area contributed by atoms with Gasteiger partial charge in [0.05, 0.1) is 5.69 Å². The van der Waals surface area contributed by atoms with Gasteiger partial charge in [0.25, 0.3) is 0 Å². The van der Waals surface area contributed by atoms with Gasteiger partial charge in [-0.2, -0.15) is 4.98 Å². The highest BCUT2D eigenvalue weighted by Gasteiger charge is 2.38. The normalized spacial score (nSPS) is 15.4. The smallest absolute Gasteiger partial charge is 0.227 e. The molecule has 0 unspecified atom stereocenters. The summed E-state index contributed by atoms with van der Waals surface area (Å²) < 4.78 is 5.46. The molecule has 1 saturated carbocycles. The third-order valence-corrected chi connectivity index (χ3v) is 7.53. The zero-order valence-corrected chi connectivity index (χ0v) is 21.5. The molecule has 2 aromatic heterocycles. The van der Waals surface area contributed by atoms with Crippen molar-refractivity contribution >= 4 is 28.3 Å². The van der Waals surface area contributed by atoms with Crippen LogP contribution in [0.2, 0.25) is 0 Å². The SMILES string of the molecule is CC(=O)NC1(c2noc(CCC(=O)Nc3nc(C)c(Cc4ccc(C)cc4)s3)n2)CCCCCC1. The van der Waals surface area contributed by atoms with Crippen LogP contribution in [0.4, 0.5) is 5.13 Å². The second-order valence-corrected chi connectivity index (χ2v) is 10.5. The lowest BCUT2D eigenvalue weighted by Crippen LogP contribution is -2.45. The van der Waals surface area contributed by atoms with Gasteiger partial charge in [-0.25, -0.2) is 4.98 Å². The average molecular weight is 496 g/mol. The summed E-state index contributed by atoms with van der Waals surface area (Å²) >= 11 is 1.50. The predicted molar refractivity (Wildman–Crippen MR) is 135 cm³/mol. The minimum Gasteiger partial charge on any atom is -0.343 e. The Labute approximate surface area is 209 Å². The molecule has 2 amide bonds. The van der Waals surface area contributed by atoms with Crippen molar-refractivity contribution in [1.29, 1.82) is 0 Å². The maximum Gasteiger partial charge on any atom is 0.227 e. The number of hydrogen-bond donors (Lipinski definition) is 2. The fraction of sp³-hybridized carbons (Fsp3) is 0.500. The van der Waals surface area contributed by atoms with Gasteiger partial charge in [-0.1, -0.05) is 60.7 Å². The van der Waals surface area contributed by atoms with Gasteiger partial charge in [-0.15, -0.1) is 11.3 Å². The molecule has 4 rings (SSSR count). The van der Waals surface area contributed by atoms with E-state index in [2.05, 4.69) is 56.9 Å². The molecule has 0 aliphatic heterocycles. The molecule has 0 atom stereocenters. The van der Waals surface area contributed by atoms with Gasteiger partial charge in [0, 0.05) is 31.1 Å². The highest BCUT2D eigenvalue weighted by molar-refractivity contribution is 7.15. The maximum absolute atomic E-state index is 12.6. The molecular formula is C26H33N5O3S. The molecule has 2 N–H and O–H groups in total. The first-order chi connectivity index (χ1) is 16.8. The Morgan fingerprint density at radius 2 is 1.77 bits per heavy atom. The number of amides is 2. The summed E-state index contributed by atoms with van der Waals surface area (Å²) in [6.07, 6.45) is 7.19. The third kappa shape index (κ3) is 6.54. The molecule has 0 saturated heterocycles. The molecule has 1 fully saturated rings. The summed E-state index contributed by atoms with van der Waals surface area (Å²) in [6.45, 7) is 5.56. The number of aromatic nitrogens is 3. The minimum atomic E-state index is -0.585. The van der Waals surface area contributed by atoms with Crippen LogP contribution in [0.1, 0.15) is 85.3 Å². The zero-order valence-electron chi connectivity index (χ0n) is 20.6. The van der Waals surface area contributed by atoms with Crippen molar-refractivity contribution < 1.29 is 14.1 Å². The number of rotatable bonds is 8. The summed E-state index contributed by atoms with van der Waals surface area (Å²) in [4.78, 5) is 34.7. The van der Waals surface area contributed by atoms with Gasteiger partial charge in [0.15, 0.2) is 11.0 Å². The number of anilines is 1. The summed E-state index contributed by atoms with van der Waals surface area (Å²) in [5.41, 5.74) is 2.80. The molecule has 9 heteroatoms. The van der Waals surface area contributed by atoms with Crippen molar-refractivity contribution in [3.63, 3.8) is 0 Å². The summed E-state index contributed by atoms with van der Waals surface area (Å²) in [6, 6.07) is 8.45. The number of carbonyl (C=O) groups is 2. The van der Waals surface area contributed by atoms with Gasteiger partial charge in [0.1, 0.15) is 5.54 Å². The monoisotopic (exact) mass is 495 g/mol. The molecule has 1 aliphatic rings. The lowest BCUT2D eigenvalue weighted by atomic mass is 9.89. The van der Waals surface area contributed by atoms with Crippen molar-refractivity contribution in [2.45, 2.75) is 84.1 Å². The molecule has 35 heavy (non-hydrogen) atoms. The van der Waals surface area contributed by atoms with Crippen LogP contribution in [-0.2, 0) is 28.0 Å². The van der Waals surface area contributed by atoms with Crippen molar-refractivity contribution in [3.05, 3.63) is 57.7 Å². The van der Waals surface area contributed by atoms with E-state index in [0.29, 0.717) is 23.3 Å². The fourth-order valence-electron chi connectivity index (χ4n) is 4.56. The topological polar surface area (TPSA) is 110 Å². The molecule has 186 valence electrons. The molecule has 1 aliphatic carbocycles. The number of benzene rings is 1. The Balaban J connectivity index is 1.34. The van der Waals surface area contributed by atoms with Crippen molar-refractivity contribution in [2.24, 2.45) is 0 Å². The van der Waals surface area contributed by atoms with E-state index >= 15 is 0 Å². The van der Waals surface area contributed by atoms with E-state index in [4.69, 9.17) is 4.52 Å². The van der Waals surface area contributed by atoms with Crippen LogP contribution in [0.5, 0.6) is 0 Å². The number of hydrogen-bond acceptors (Lipinski definition) is 7. The van der Waals surface area contributed by atoms with E-state index in [1.54, 1.807) is 0 Å². The average Bonchev–Trinajstić information content (AvgIpc) is 3.35. The van der Waals surface area contributed by atoms with E-state index < -0.39 is 5.54 Å². The molecule has 0 bridgehead atoms. The molecule has 0 radical (unpaired) electrons. The highest BCUT2D eigenvalue weighted by Crippen LogP contribution is 2.34. The van der Waals surface area contributed by atoms with Gasteiger partial charge in [0.2, 0.25) is 17.7 Å². The van der Waals surface area contributed by atoms with E-state index in [1.165, 1.54) is 29.4 Å². The van der Waals surface area contributed by atoms with Gasteiger partial charge >= 0.3 is 0 Å². The molecule has 0 spiro atoms. The van der Waals surface area contributed by atoms with Gasteiger partial charge < -0.3 is 15.2 Å². The highest BCUT2D eigenvalue weighted by atomic mass is 32.1. The first-order valence-electron chi connectivity index (χ1n) is 12.3. The van der Waals surface area contributed by atoms with Crippen LogP contribution in [-0.4, -0.2) is 26.9 Å². The Morgan fingerprint density at radius 1 is 1.06 bits per heavy atom. The quantitative estimate of drug-likeness (QED) is 0.426. The largest absolute Gasteiger partial charge is 0.343 e. The van der Waals surface area contributed by atoms with Gasteiger partial charge in [-0.05, 0) is 32.3 Å². The number of nitrogens with one attached hydrogen (secondary N) is 2.